The highest BCUT2D eigenvalue weighted by molar-refractivity contribution is 7.90. The van der Waals surface area contributed by atoms with Crippen molar-refractivity contribution >= 4 is 15.7 Å². The first kappa shape index (κ1) is 17.7. The maximum absolute atomic E-state index is 12.1. The number of rotatable bonds is 7. The number of carbonyl (C=O) groups excluding carboxylic acids is 1. The number of sulfone groups is 1. The molecule has 0 spiro atoms. The van der Waals surface area contributed by atoms with E-state index in [0.717, 1.165) is 18.2 Å². The minimum absolute atomic E-state index is 0.0705. The molecule has 0 fully saturated rings. The minimum atomic E-state index is -3.10. The Bertz CT molecular complexity index is 567. The third kappa shape index (κ3) is 6.27. The Balaban J connectivity index is 2.56. The summed E-state index contributed by atoms with van der Waals surface area (Å²) >= 11 is 0. The van der Waals surface area contributed by atoms with Crippen LogP contribution in [0.25, 0.3) is 0 Å². The van der Waals surface area contributed by atoms with E-state index >= 15 is 0 Å². The van der Waals surface area contributed by atoms with Crippen molar-refractivity contribution in [2.45, 2.75) is 32.4 Å². The fourth-order valence-corrected chi connectivity index (χ4v) is 2.66. The van der Waals surface area contributed by atoms with Crippen molar-refractivity contribution in [3.8, 4) is 0 Å². The molecule has 1 unspecified atom stereocenters. The molecule has 0 aliphatic rings. The summed E-state index contributed by atoms with van der Waals surface area (Å²) in [6.45, 7) is 2.56. The highest BCUT2D eigenvalue weighted by atomic mass is 32.2. The lowest BCUT2D eigenvalue weighted by atomic mass is 10.1. The maximum atomic E-state index is 12.1. The van der Waals surface area contributed by atoms with E-state index in [2.05, 4.69) is 6.92 Å². The van der Waals surface area contributed by atoms with Crippen LogP contribution >= 0.6 is 0 Å². The number of carbonyl (C=O) groups is 1. The van der Waals surface area contributed by atoms with E-state index in [1.54, 1.807) is 7.05 Å². The lowest BCUT2D eigenvalue weighted by Crippen LogP contribution is -2.42. The Kier molecular flexibility index (Phi) is 6.36. The molecule has 21 heavy (non-hydrogen) atoms. The number of aryl methyl sites for hydroxylation is 1. The van der Waals surface area contributed by atoms with Crippen molar-refractivity contribution in [3.05, 3.63) is 35.4 Å². The standard InChI is InChI=1S/C15H24N2O3S/c1-4-12-5-7-13(8-6-12)11-17(2)15(18)14(16)9-10-21(3,19)20/h5-8,14H,4,9-11,16H2,1-3H3. The predicted octanol–water partition coefficient (Wildman–Crippen LogP) is 0.969. The molecule has 5 nitrogen and oxygen atoms in total. The van der Waals surface area contributed by atoms with E-state index in [1.165, 1.54) is 10.5 Å². The largest absolute Gasteiger partial charge is 0.340 e. The first-order valence-electron chi connectivity index (χ1n) is 6.99. The molecule has 0 saturated carbocycles. The summed E-state index contributed by atoms with van der Waals surface area (Å²) in [4.78, 5) is 13.6. The van der Waals surface area contributed by atoms with Crippen LogP contribution < -0.4 is 5.73 Å². The van der Waals surface area contributed by atoms with Gasteiger partial charge in [0.1, 0.15) is 9.84 Å². The Morgan fingerprint density at radius 3 is 2.24 bits per heavy atom. The highest BCUT2D eigenvalue weighted by Gasteiger charge is 2.19. The van der Waals surface area contributed by atoms with Crippen molar-refractivity contribution < 1.29 is 13.2 Å². The molecule has 0 radical (unpaired) electrons. The van der Waals surface area contributed by atoms with Gasteiger partial charge in [-0.1, -0.05) is 31.2 Å². The van der Waals surface area contributed by atoms with Gasteiger partial charge in [-0.05, 0) is 24.0 Å². The normalized spacial score (nSPS) is 13.0. The van der Waals surface area contributed by atoms with Crippen molar-refractivity contribution in [1.82, 2.24) is 4.90 Å². The number of hydrogen-bond acceptors (Lipinski definition) is 4. The van der Waals surface area contributed by atoms with Crippen LogP contribution in [0.4, 0.5) is 0 Å². The molecule has 6 heteroatoms. The molecular formula is C15H24N2O3S. The van der Waals surface area contributed by atoms with Gasteiger partial charge in [-0.2, -0.15) is 0 Å². The molecule has 118 valence electrons. The summed E-state index contributed by atoms with van der Waals surface area (Å²) in [5.41, 5.74) is 8.04. The van der Waals surface area contributed by atoms with Gasteiger partial charge >= 0.3 is 0 Å². The van der Waals surface area contributed by atoms with Crippen LogP contribution in [0.15, 0.2) is 24.3 Å². The Morgan fingerprint density at radius 1 is 1.24 bits per heavy atom. The van der Waals surface area contributed by atoms with Gasteiger partial charge in [0.2, 0.25) is 5.91 Å². The average molecular weight is 312 g/mol. The molecule has 0 saturated heterocycles. The van der Waals surface area contributed by atoms with Crippen molar-refractivity contribution in [2.75, 3.05) is 19.1 Å². The molecule has 0 aliphatic heterocycles. The van der Waals surface area contributed by atoms with Gasteiger partial charge in [0.05, 0.1) is 11.8 Å². The van der Waals surface area contributed by atoms with E-state index in [-0.39, 0.29) is 18.1 Å². The van der Waals surface area contributed by atoms with Gasteiger partial charge in [-0.25, -0.2) is 8.42 Å². The first-order valence-corrected chi connectivity index (χ1v) is 9.05. The van der Waals surface area contributed by atoms with E-state index in [4.69, 9.17) is 5.73 Å². The van der Waals surface area contributed by atoms with Crippen LogP contribution in [0.5, 0.6) is 0 Å². The lowest BCUT2D eigenvalue weighted by molar-refractivity contribution is -0.131. The molecule has 1 aromatic rings. The van der Waals surface area contributed by atoms with Crippen LogP contribution in [-0.4, -0.2) is 44.3 Å². The van der Waals surface area contributed by atoms with Gasteiger partial charge < -0.3 is 10.6 Å². The fourth-order valence-electron chi connectivity index (χ4n) is 1.98. The quantitative estimate of drug-likeness (QED) is 0.813. The van der Waals surface area contributed by atoms with Gasteiger partial charge in [0.15, 0.2) is 0 Å². The monoisotopic (exact) mass is 312 g/mol. The van der Waals surface area contributed by atoms with E-state index in [9.17, 15) is 13.2 Å². The maximum Gasteiger partial charge on any atom is 0.239 e. The van der Waals surface area contributed by atoms with E-state index in [1.807, 2.05) is 24.3 Å². The second-order valence-corrected chi connectivity index (χ2v) is 7.65. The zero-order valence-corrected chi connectivity index (χ0v) is 13.7. The molecule has 2 N–H and O–H groups in total. The summed E-state index contributed by atoms with van der Waals surface area (Å²) in [7, 11) is -1.42. The Morgan fingerprint density at radius 2 is 1.76 bits per heavy atom. The van der Waals surface area contributed by atoms with Crippen LogP contribution in [0.2, 0.25) is 0 Å². The molecule has 1 aromatic carbocycles. The van der Waals surface area contributed by atoms with E-state index < -0.39 is 15.9 Å². The molecule has 0 aliphatic carbocycles. The van der Waals surface area contributed by atoms with Gasteiger partial charge in [-0.3, -0.25) is 4.79 Å². The molecule has 1 rings (SSSR count). The average Bonchev–Trinajstić information content (AvgIpc) is 2.43. The summed E-state index contributed by atoms with van der Waals surface area (Å²) in [5, 5.41) is 0. The number of benzene rings is 1. The zero-order valence-electron chi connectivity index (χ0n) is 12.9. The molecule has 1 amide bonds. The minimum Gasteiger partial charge on any atom is -0.340 e. The third-order valence-corrected chi connectivity index (χ3v) is 4.32. The van der Waals surface area contributed by atoms with Crippen molar-refractivity contribution in [3.63, 3.8) is 0 Å². The molecule has 0 aromatic heterocycles. The van der Waals surface area contributed by atoms with Crippen LogP contribution in [0.1, 0.15) is 24.5 Å². The number of hydrogen-bond donors (Lipinski definition) is 1. The smallest absolute Gasteiger partial charge is 0.239 e. The Hall–Kier alpha value is -1.40. The second-order valence-electron chi connectivity index (χ2n) is 5.39. The Labute approximate surface area is 127 Å². The second kappa shape index (κ2) is 7.56. The summed E-state index contributed by atoms with van der Waals surface area (Å²) < 4.78 is 22.2. The SMILES string of the molecule is CCc1ccc(CN(C)C(=O)C(N)CCS(C)(=O)=O)cc1. The summed E-state index contributed by atoms with van der Waals surface area (Å²) in [6.07, 6.45) is 2.27. The number of amides is 1. The fraction of sp³-hybridized carbons (Fsp3) is 0.533. The van der Waals surface area contributed by atoms with Crippen LogP contribution in [0, 0.1) is 0 Å². The van der Waals surface area contributed by atoms with Gasteiger partial charge in [-0.15, -0.1) is 0 Å². The summed E-state index contributed by atoms with van der Waals surface area (Å²) in [6, 6.07) is 7.28. The van der Waals surface area contributed by atoms with Gasteiger partial charge in [0.25, 0.3) is 0 Å². The van der Waals surface area contributed by atoms with E-state index in [0.29, 0.717) is 6.54 Å². The highest BCUT2D eigenvalue weighted by Crippen LogP contribution is 2.08. The third-order valence-electron chi connectivity index (χ3n) is 3.34. The van der Waals surface area contributed by atoms with Gasteiger partial charge in [0, 0.05) is 19.8 Å². The van der Waals surface area contributed by atoms with Crippen LogP contribution in [0.3, 0.4) is 0 Å². The van der Waals surface area contributed by atoms with Crippen LogP contribution in [-0.2, 0) is 27.6 Å². The lowest BCUT2D eigenvalue weighted by Gasteiger charge is -2.21. The number of nitrogens with zero attached hydrogens (tertiary/aromatic N) is 1. The van der Waals surface area contributed by atoms with Crippen molar-refractivity contribution in [2.24, 2.45) is 5.73 Å². The van der Waals surface area contributed by atoms with Crippen molar-refractivity contribution in [1.29, 1.82) is 0 Å². The molecule has 0 heterocycles. The summed E-state index contributed by atoms with van der Waals surface area (Å²) in [5.74, 6) is -0.308. The number of nitrogens with two attached hydrogens (primary N) is 1. The first-order chi connectivity index (χ1) is 9.73. The molecule has 0 bridgehead atoms. The number of likely N-dealkylation sites (N-methyl/N-ethyl adjacent to an activating group) is 1. The topological polar surface area (TPSA) is 80.5 Å². The predicted molar refractivity (Wildman–Crippen MR) is 84.6 cm³/mol. The molecule has 1 atom stereocenters. The molecular weight excluding hydrogens is 288 g/mol. The zero-order chi connectivity index (χ0) is 16.0.